The average Bonchev–Trinajstić information content (AvgIpc) is 2.40. The molecule has 18 heavy (non-hydrogen) atoms. The van der Waals surface area contributed by atoms with Crippen LogP contribution in [-0.2, 0) is 4.79 Å². The number of hydrogen-bond acceptors (Lipinski definition) is 1. The predicted octanol–water partition coefficient (Wildman–Crippen LogP) is 3.87. The first-order valence-electron chi connectivity index (χ1n) is 5.79. The molecule has 0 spiro atoms. The van der Waals surface area contributed by atoms with Gasteiger partial charge in [-0.25, -0.2) is 0 Å². The number of nitrogens with one attached hydrogen (secondary N) is 1. The molecule has 0 fully saturated rings. The second kappa shape index (κ2) is 5.32. The van der Waals surface area contributed by atoms with Crippen molar-refractivity contribution in [2.24, 2.45) is 0 Å². The van der Waals surface area contributed by atoms with E-state index in [4.69, 9.17) is 0 Å². The highest BCUT2D eigenvalue weighted by Gasteiger charge is 2.02. The maximum atomic E-state index is 11.5. The Labute approximate surface area is 107 Å². The third-order valence-corrected chi connectivity index (χ3v) is 2.64. The fourth-order valence-electron chi connectivity index (χ4n) is 1.61. The Hall–Kier alpha value is -2.35. The van der Waals surface area contributed by atoms with Gasteiger partial charge in [0.25, 0.3) is 5.91 Å². The van der Waals surface area contributed by atoms with Crippen LogP contribution in [0, 0.1) is 0 Å². The van der Waals surface area contributed by atoms with Crippen molar-refractivity contribution in [3.05, 3.63) is 66.7 Å². The molecule has 2 rings (SSSR count). The monoisotopic (exact) mass is 237 g/mol. The number of amides is 1. The van der Waals surface area contributed by atoms with E-state index < -0.39 is 0 Å². The molecule has 0 aromatic heterocycles. The molecule has 0 bridgehead atoms. The second-order valence-electron chi connectivity index (χ2n) is 4.18. The number of benzene rings is 2. The van der Waals surface area contributed by atoms with Crippen molar-refractivity contribution in [1.82, 2.24) is 0 Å². The molecule has 1 amide bonds. The van der Waals surface area contributed by atoms with Crippen LogP contribution in [-0.4, -0.2) is 5.91 Å². The molecule has 90 valence electrons. The van der Waals surface area contributed by atoms with Crippen molar-refractivity contribution in [2.75, 3.05) is 5.32 Å². The lowest BCUT2D eigenvalue weighted by Gasteiger charge is -2.06. The highest BCUT2D eigenvalue weighted by atomic mass is 16.1. The average molecular weight is 237 g/mol. The van der Waals surface area contributed by atoms with E-state index in [1.807, 2.05) is 42.5 Å². The van der Waals surface area contributed by atoms with Crippen LogP contribution in [0.5, 0.6) is 0 Å². The molecule has 0 aliphatic rings. The Morgan fingerprint density at radius 1 is 0.944 bits per heavy atom. The van der Waals surface area contributed by atoms with Crippen LogP contribution in [0.1, 0.15) is 6.92 Å². The van der Waals surface area contributed by atoms with Crippen LogP contribution >= 0.6 is 0 Å². The second-order valence-corrected chi connectivity index (χ2v) is 4.18. The summed E-state index contributed by atoms with van der Waals surface area (Å²) in [5.41, 5.74) is 3.57. The van der Waals surface area contributed by atoms with Crippen LogP contribution < -0.4 is 5.32 Å². The van der Waals surface area contributed by atoms with E-state index >= 15 is 0 Å². The summed E-state index contributed by atoms with van der Waals surface area (Å²) in [6.07, 6.45) is 0. The first-order valence-corrected chi connectivity index (χ1v) is 5.79. The molecular weight excluding hydrogens is 222 g/mol. The van der Waals surface area contributed by atoms with E-state index in [-0.39, 0.29) is 5.91 Å². The maximum Gasteiger partial charge on any atom is 0.250 e. The Morgan fingerprint density at radius 3 is 2.06 bits per heavy atom. The van der Waals surface area contributed by atoms with Gasteiger partial charge in [-0.1, -0.05) is 49.0 Å². The Kier molecular flexibility index (Phi) is 3.58. The van der Waals surface area contributed by atoms with Gasteiger partial charge in [-0.15, -0.1) is 0 Å². The molecular formula is C16H15NO. The molecule has 0 unspecified atom stereocenters. The molecule has 2 nitrogen and oxygen atoms in total. The first kappa shape index (κ1) is 12.1. The van der Waals surface area contributed by atoms with E-state index in [1.54, 1.807) is 6.92 Å². The van der Waals surface area contributed by atoms with Crippen molar-refractivity contribution < 1.29 is 4.79 Å². The summed E-state index contributed by atoms with van der Waals surface area (Å²) in [5, 5.41) is 2.78. The van der Waals surface area contributed by atoms with Crippen LogP contribution in [0.4, 0.5) is 5.69 Å². The molecule has 0 heterocycles. The van der Waals surface area contributed by atoms with Gasteiger partial charge >= 0.3 is 0 Å². The lowest BCUT2D eigenvalue weighted by atomic mass is 10.1. The van der Waals surface area contributed by atoms with E-state index in [0.717, 1.165) is 16.8 Å². The van der Waals surface area contributed by atoms with Gasteiger partial charge in [0.2, 0.25) is 0 Å². The lowest BCUT2D eigenvalue weighted by Crippen LogP contribution is -2.11. The fourth-order valence-corrected chi connectivity index (χ4v) is 1.61. The highest BCUT2D eigenvalue weighted by molar-refractivity contribution is 6.02. The molecule has 0 aliphatic heterocycles. The van der Waals surface area contributed by atoms with E-state index in [9.17, 15) is 4.79 Å². The van der Waals surface area contributed by atoms with Gasteiger partial charge in [0.1, 0.15) is 0 Å². The van der Waals surface area contributed by atoms with Gasteiger partial charge in [0.05, 0.1) is 0 Å². The Morgan fingerprint density at radius 2 is 1.50 bits per heavy atom. The van der Waals surface area contributed by atoms with Crippen molar-refractivity contribution >= 4 is 11.6 Å². The van der Waals surface area contributed by atoms with Crippen molar-refractivity contribution in [1.29, 1.82) is 0 Å². The smallest absolute Gasteiger partial charge is 0.250 e. The molecule has 0 saturated carbocycles. The van der Waals surface area contributed by atoms with E-state index in [0.29, 0.717) is 5.57 Å². The minimum absolute atomic E-state index is 0.150. The lowest BCUT2D eigenvalue weighted by molar-refractivity contribution is -0.112. The SMILES string of the molecule is C=C(C)C(=O)Nc1ccc(-c2ccccc2)cc1. The molecule has 2 aromatic rings. The van der Waals surface area contributed by atoms with Crippen LogP contribution in [0.25, 0.3) is 11.1 Å². The third-order valence-electron chi connectivity index (χ3n) is 2.64. The molecule has 2 heteroatoms. The zero-order valence-electron chi connectivity index (χ0n) is 10.3. The number of hydrogen-bond donors (Lipinski definition) is 1. The Bertz CT molecular complexity index is 555. The first-order chi connectivity index (χ1) is 8.66. The van der Waals surface area contributed by atoms with Gasteiger partial charge in [-0.05, 0) is 30.2 Å². The normalized spacial score (nSPS) is 9.83. The number of rotatable bonds is 3. The number of carbonyl (C=O) groups excluding carboxylic acids is 1. The maximum absolute atomic E-state index is 11.5. The zero-order chi connectivity index (χ0) is 13.0. The summed E-state index contributed by atoms with van der Waals surface area (Å²) in [4.78, 5) is 11.5. The van der Waals surface area contributed by atoms with Crippen LogP contribution in [0.15, 0.2) is 66.7 Å². The van der Waals surface area contributed by atoms with Crippen molar-refractivity contribution in [3.8, 4) is 11.1 Å². The summed E-state index contributed by atoms with van der Waals surface area (Å²) in [7, 11) is 0. The van der Waals surface area contributed by atoms with E-state index in [1.165, 1.54) is 0 Å². The van der Waals surface area contributed by atoms with Crippen LogP contribution in [0.3, 0.4) is 0 Å². The predicted molar refractivity (Wildman–Crippen MR) is 75.3 cm³/mol. The summed E-state index contributed by atoms with van der Waals surface area (Å²) in [5.74, 6) is -0.150. The van der Waals surface area contributed by atoms with Gasteiger partial charge in [-0.3, -0.25) is 4.79 Å². The largest absolute Gasteiger partial charge is 0.322 e. The molecule has 0 saturated heterocycles. The molecule has 0 atom stereocenters. The van der Waals surface area contributed by atoms with Gasteiger partial charge in [-0.2, -0.15) is 0 Å². The summed E-state index contributed by atoms with van der Waals surface area (Å²) >= 11 is 0. The van der Waals surface area contributed by atoms with Gasteiger partial charge < -0.3 is 5.32 Å². The minimum atomic E-state index is -0.150. The third kappa shape index (κ3) is 2.86. The van der Waals surface area contributed by atoms with E-state index in [2.05, 4.69) is 24.0 Å². The number of anilines is 1. The summed E-state index contributed by atoms with van der Waals surface area (Å²) in [6, 6.07) is 17.9. The summed E-state index contributed by atoms with van der Waals surface area (Å²) < 4.78 is 0. The van der Waals surface area contributed by atoms with Crippen LogP contribution in [0.2, 0.25) is 0 Å². The fraction of sp³-hybridized carbons (Fsp3) is 0.0625. The highest BCUT2D eigenvalue weighted by Crippen LogP contribution is 2.21. The van der Waals surface area contributed by atoms with Gasteiger partial charge in [0.15, 0.2) is 0 Å². The van der Waals surface area contributed by atoms with Crippen molar-refractivity contribution in [3.63, 3.8) is 0 Å². The Balaban J connectivity index is 2.16. The molecule has 2 aromatic carbocycles. The van der Waals surface area contributed by atoms with Crippen molar-refractivity contribution in [2.45, 2.75) is 6.92 Å². The van der Waals surface area contributed by atoms with Gasteiger partial charge in [0, 0.05) is 11.3 Å². The number of carbonyl (C=O) groups is 1. The molecule has 0 radical (unpaired) electrons. The zero-order valence-corrected chi connectivity index (χ0v) is 10.3. The topological polar surface area (TPSA) is 29.1 Å². The quantitative estimate of drug-likeness (QED) is 0.807. The molecule has 1 N–H and O–H groups in total. The summed E-state index contributed by atoms with van der Waals surface area (Å²) in [6.45, 7) is 5.29. The standard InChI is InChI=1S/C16H15NO/c1-12(2)16(18)17-15-10-8-14(9-11-15)13-6-4-3-5-7-13/h3-11H,1H2,2H3,(H,17,18). The minimum Gasteiger partial charge on any atom is -0.322 e. The molecule has 0 aliphatic carbocycles.